The zero-order valence-electron chi connectivity index (χ0n) is 6.60. The fourth-order valence-electron chi connectivity index (χ4n) is 0.926. The molecule has 1 rings (SSSR count). The summed E-state index contributed by atoms with van der Waals surface area (Å²) < 4.78 is 1.52. The second-order valence-corrected chi connectivity index (χ2v) is 2.47. The average Bonchev–Trinajstić information content (AvgIpc) is 2.36. The lowest BCUT2D eigenvalue weighted by Gasteiger charge is -1.93. The van der Waals surface area contributed by atoms with Gasteiger partial charge in [-0.1, -0.05) is 0 Å². The van der Waals surface area contributed by atoms with Gasteiger partial charge in [0, 0.05) is 12.6 Å². The number of nitrogens with zero attached hydrogens (tertiary/aromatic N) is 2. The van der Waals surface area contributed by atoms with E-state index in [0.717, 1.165) is 5.69 Å². The van der Waals surface area contributed by atoms with Crippen LogP contribution in [-0.2, 0) is 17.8 Å². The molecular weight excluding hydrogens is 158 g/mol. The van der Waals surface area contributed by atoms with Crippen LogP contribution in [0.25, 0.3) is 0 Å². The van der Waals surface area contributed by atoms with Crippen LogP contribution in [0.1, 0.15) is 5.69 Å². The Hall–Kier alpha value is -1.36. The molecule has 0 radical (unpaired) electrons. The summed E-state index contributed by atoms with van der Waals surface area (Å²) in [4.78, 5) is 14.2. The van der Waals surface area contributed by atoms with Crippen molar-refractivity contribution in [2.45, 2.75) is 13.0 Å². The number of carboxylic acids is 1. The molecule has 1 aromatic rings. The highest BCUT2D eigenvalue weighted by Gasteiger charge is 2.00. The maximum Gasteiger partial charge on any atom is 0.323 e. The Morgan fingerprint density at radius 2 is 2.50 bits per heavy atom. The molecular formula is C7H11N3O2. The van der Waals surface area contributed by atoms with Crippen LogP contribution in [0, 0.1) is 0 Å². The number of aliphatic carboxylic acids is 1. The van der Waals surface area contributed by atoms with Gasteiger partial charge in [0.25, 0.3) is 0 Å². The summed E-state index contributed by atoms with van der Waals surface area (Å²) in [5.74, 6) is -0.869. The Labute approximate surface area is 69.8 Å². The highest BCUT2D eigenvalue weighted by Crippen LogP contribution is 1.95. The topological polar surface area (TPSA) is 81.1 Å². The van der Waals surface area contributed by atoms with Crippen LogP contribution in [0.5, 0.6) is 0 Å². The molecule has 3 N–H and O–H groups in total. The molecule has 12 heavy (non-hydrogen) atoms. The fourth-order valence-corrected chi connectivity index (χ4v) is 0.926. The van der Waals surface area contributed by atoms with Gasteiger partial charge in [0.2, 0.25) is 0 Å². The van der Waals surface area contributed by atoms with E-state index in [9.17, 15) is 4.79 Å². The van der Waals surface area contributed by atoms with E-state index in [-0.39, 0.29) is 6.54 Å². The van der Waals surface area contributed by atoms with Gasteiger partial charge in [-0.25, -0.2) is 4.98 Å². The van der Waals surface area contributed by atoms with Gasteiger partial charge < -0.3 is 15.4 Å². The predicted molar refractivity (Wildman–Crippen MR) is 42.6 cm³/mol. The normalized spacial score (nSPS) is 10.1. The third-order valence-electron chi connectivity index (χ3n) is 1.41. The van der Waals surface area contributed by atoms with E-state index in [1.165, 1.54) is 10.9 Å². The van der Waals surface area contributed by atoms with Crippen molar-refractivity contribution in [2.75, 3.05) is 6.54 Å². The number of hydrogen-bond acceptors (Lipinski definition) is 3. The molecule has 0 aliphatic rings. The van der Waals surface area contributed by atoms with E-state index >= 15 is 0 Å². The third-order valence-corrected chi connectivity index (χ3v) is 1.41. The summed E-state index contributed by atoms with van der Waals surface area (Å²) >= 11 is 0. The minimum atomic E-state index is -0.869. The molecule has 5 heteroatoms. The van der Waals surface area contributed by atoms with E-state index in [0.29, 0.717) is 13.0 Å². The minimum absolute atomic E-state index is 0.0441. The highest BCUT2D eigenvalue weighted by molar-refractivity contribution is 5.66. The van der Waals surface area contributed by atoms with Crippen molar-refractivity contribution in [3.63, 3.8) is 0 Å². The van der Waals surface area contributed by atoms with Crippen LogP contribution < -0.4 is 5.73 Å². The van der Waals surface area contributed by atoms with E-state index in [1.807, 2.05) is 0 Å². The summed E-state index contributed by atoms with van der Waals surface area (Å²) in [6, 6.07) is 0. The number of aromatic nitrogens is 2. The Morgan fingerprint density at radius 3 is 3.08 bits per heavy atom. The zero-order chi connectivity index (χ0) is 8.97. The number of nitrogens with two attached hydrogens (primary N) is 1. The first-order valence-corrected chi connectivity index (χ1v) is 3.65. The van der Waals surface area contributed by atoms with E-state index in [1.54, 1.807) is 6.20 Å². The van der Waals surface area contributed by atoms with Crippen molar-refractivity contribution in [2.24, 2.45) is 5.73 Å². The molecule has 0 aliphatic carbocycles. The first-order chi connectivity index (χ1) is 5.72. The van der Waals surface area contributed by atoms with Crippen molar-refractivity contribution in [1.82, 2.24) is 9.55 Å². The maximum atomic E-state index is 10.3. The lowest BCUT2D eigenvalue weighted by Crippen LogP contribution is -2.06. The second kappa shape index (κ2) is 3.87. The van der Waals surface area contributed by atoms with E-state index in [2.05, 4.69) is 4.98 Å². The molecule has 0 aliphatic heterocycles. The zero-order valence-corrected chi connectivity index (χ0v) is 6.60. The first kappa shape index (κ1) is 8.73. The molecule has 0 saturated heterocycles. The summed E-state index contributed by atoms with van der Waals surface area (Å²) in [5, 5.41) is 8.43. The monoisotopic (exact) mass is 169 g/mol. The fraction of sp³-hybridized carbons (Fsp3) is 0.429. The van der Waals surface area contributed by atoms with Crippen LogP contribution in [0.4, 0.5) is 0 Å². The Morgan fingerprint density at radius 1 is 1.75 bits per heavy atom. The molecule has 0 bridgehead atoms. The van der Waals surface area contributed by atoms with Crippen molar-refractivity contribution >= 4 is 5.97 Å². The van der Waals surface area contributed by atoms with Crippen LogP contribution in [0.3, 0.4) is 0 Å². The molecule has 0 fully saturated rings. The van der Waals surface area contributed by atoms with E-state index in [4.69, 9.17) is 10.8 Å². The van der Waals surface area contributed by atoms with Crippen LogP contribution in [0.15, 0.2) is 12.5 Å². The molecule has 0 spiro atoms. The van der Waals surface area contributed by atoms with Crippen molar-refractivity contribution in [3.05, 3.63) is 18.2 Å². The molecule has 0 saturated carbocycles. The minimum Gasteiger partial charge on any atom is -0.480 e. The average molecular weight is 169 g/mol. The van der Waals surface area contributed by atoms with Crippen molar-refractivity contribution in [1.29, 1.82) is 0 Å². The SMILES string of the molecule is NCCc1cn(CC(=O)O)cn1. The Kier molecular flexibility index (Phi) is 2.82. The van der Waals surface area contributed by atoms with Gasteiger partial charge in [0.1, 0.15) is 6.54 Å². The van der Waals surface area contributed by atoms with Gasteiger partial charge in [-0.3, -0.25) is 4.79 Å². The van der Waals surface area contributed by atoms with Crippen LogP contribution in [0.2, 0.25) is 0 Å². The Bertz CT molecular complexity index is 269. The van der Waals surface area contributed by atoms with Gasteiger partial charge in [-0.2, -0.15) is 0 Å². The number of carboxylic acid groups (broad SMARTS) is 1. The van der Waals surface area contributed by atoms with Gasteiger partial charge in [0.15, 0.2) is 0 Å². The first-order valence-electron chi connectivity index (χ1n) is 3.65. The molecule has 0 amide bonds. The second-order valence-electron chi connectivity index (χ2n) is 2.47. The van der Waals surface area contributed by atoms with Gasteiger partial charge in [0.05, 0.1) is 12.0 Å². The number of carbonyl (C=O) groups is 1. The van der Waals surface area contributed by atoms with Gasteiger partial charge in [-0.15, -0.1) is 0 Å². The van der Waals surface area contributed by atoms with Gasteiger partial charge in [-0.05, 0) is 6.54 Å². The molecule has 1 heterocycles. The molecule has 5 nitrogen and oxygen atoms in total. The van der Waals surface area contributed by atoms with Crippen LogP contribution >= 0.6 is 0 Å². The van der Waals surface area contributed by atoms with Crippen molar-refractivity contribution < 1.29 is 9.90 Å². The maximum absolute atomic E-state index is 10.3. The van der Waals surface area contributed by atoms with E-state index < -0.39 is 5.97 Å². The lowest BCUT2D eigenvalue weighted by atomic mass is 10.3. The van der Waals surface area contributed by atoms with Crippen molar-refractivity contribution in [3.8, 4) is 0 Å². The largest absolute Gasteiger partial charge is 0.480 e. The number of rotatable bonds is 4. The predicted octanol–water partition coefficient (Wildman–Crippen LogP) is -0.531. The smallest absolute Gasteiger partial charge is 0.323 e. The number of imidazole rings is 1. The summed E-state index contributed by atoms with van der Waals surface area (Å²) in [6.07, 6.45) is 3.88. The highest BCUT2D eigenvalue weighted by atomic mass is 16.4. The Balaban J connectivity index is 2.58. The quantitative estimate of drug-likeness (QED) is 0.634. The molecule has 0 unspecified atom stereocenters. The molecule has 66 valence electrons. The van der Waals surface area contributed by atoms with Gasteiger partial charge >= 0.3 is 5.97 Å². The molecule has 0 atom stereocenters. The molecule has 1 aromatic heterocycles. The summed E-state index contributed by atoms with van der Waals surface area (Å²) in [5.41, 5.74) is 6.14. The number of hydrogen-bond donors (Lipinski definition) is 2. The standard InChI is InChI=1S/C7H11N3O2/c8-2-1-6-3-10(5-9-6)4-7(11)12/h3,5H,1-2,4,8H2,(H,11,12). The molecule has 0 aromatic carbocycles. The lowest BCUT2D eigenvalue weighted by molar-refractivity contribution is -0.137. The summed E-state index contributed by atoms with van der Waals surface area (Å²) in [6.45, 7) is 0.488. The van der Waals surface area contributed by atoms with Crippen LogP contribution in [-0.4, -0.2) is 27.2 Å². The summed E-state index contributed by atoms with van der Waals surface area (Å²) in [7, 11) is 0. The third kappa shape index (κ3) is 2.35.